The van der Waals surface area contributed by atoms with Crippen molar-refractivity contribution in [1.82, 2.24) is 0 Å². The van der Waals surface area contributed by atoms with E-state index in [0.29, 0.717) is 16.8 Å². The lowest BCUT2D eigenvalue weighted by molar-refractivity contribution is -0.385. The Labute approximate surface area is 75.8 Å². The summed E-state index contributed by atoms with van der Waals surface area (Å²) in [4.78, 5) is 10.1. The van der Waals surface area contributed by atoms with Crippen LogP contribution in [0.5, 0.6) is 0 Å². The zero-order chi connectivity index (χ0) is 10.0. The summed E-state index contributed by atoms with van der Waals surface area (Å²) < 4.78 is 0. The van der Waals surface area contributed by atoms with E-state index < -0.39 is 4.92 Å². The highest BCUT2D eigenvalue weighted by molar-refractivity contribution is 5.63. The van der Waals surface area contributed by atoms with Gasteiger partial charge in [-0.3, -0.25) is 10.1 Å². The molecule has 0 saturated carbocycles. The second-order valence-electron chi connectivity index (χ2n) is 2.78. The molecule has 68 valence electrons. The number of nitrogens with zero attached hydrogens (tertiary/aromatic N) is 1. The van der Waals surface area contributed by atoms with Crippen LogP contribution < -0.4 is 5.73 Å². The fraction of sp³-hybridized carbons (Fsp3) is 0.111. The van der Waals surface area contributed by atoms with Crippen LogP contribution in [-0.2, 0) is 0 Å². The first-order valence-electron chi connectivity index (χ1n) is 3.72. The zero-order valence-electron chi connectivity index (χ0n) is 7.28. The van der Waals surface area contributed by atoms with Gasteiger partial charge in [0, 0.05) is 22.9 Å². The highest BCUT2D eigenvalue weighted by atomic mass is 16.6. The molecule has 1 aromatic carbocycles. The number of hydrogen-bond acceptors (Lipinski definition) is 3. The predicted octanol–water partition coefficient (Wildman–Crippen LogP) is 1.83. The van der Waals surface area contributed by atoms with E-state index in [1.165, 1.54) is 6.07 Å². The average Bonchev–Trinajstić information content (AvgIpc) is 2.04. The lowest BCUT2D eigenvalue weighted by Gasteiger charge is -2.01. The van der Waals surface area contributed by atoms with E-state index in [-0.39, 0.29) is 5.69 Å². The maximum atomic E-state index is 10.5. The molecule has 0 unspecified atom stereocenters. The minimum atomic E-state index is -0.429. The first-order valence-corrected chi connectivity index (χ1v) is 3.72. The van der Waals surface area contributed by atoms with Crippen LogP contribution in [0.3, 0.4) is 0 Å². The molecule has 13 heavy (non-hydrogen) atoms. The van der Waals surface area contributed by atoms with E-state index in [1.54, 1.807) is 19.1 Å². The predicted molar refractivity (Wildman–Crippen MR) is 51.1 cm³/mol. The topological polar surface area (TPSA) is 69.2 Å². The summed E-state index contributed by atoms with van der Waals surface area (Å²) in [5.41, 5.74) is 7.04. The molecule has 1 rings (SSSR count). The molecule has 0 aliphatic heterocycles. The van der Waals surface area contributed by atoms with Crippen molar-refractivity contribution in [3.05, 3.63) is 46.0 Å². The van der Waals surface area contributed by atoms with Crippen LogP contribution in [0.2, 0.25) is 0 Å². The molecular formula is C9H10N2O2. The summed E-state index contributed by atoms with van der Waals surface area (Å²) in [5, 5.41) is 10.5. The fourth-order valence-corrected chi connectivity index (χ4v) is 1.01. The third-order valence-electron chi connectivity index (χ3n) is 1.78. The van der Waals surface area contributed by atoms with Crippen molar-refractivity contribution in [3.63, 3.8) is 0 Å². The Morgan fingerprint density at radius 3 is 2.69 bits per heavy atom. The molecular weight excluding hydrogens is 168 g/mol. The van der Waals surface area contributed by atoms with Crippen LogP contribution in [0.25, 0.3) is 5.70 Å². The molecule has 0 saturated heterocycles. The molecule has 4 nitrogen and oxygen atoms in total. The molecule has 0 aliphatic rings. The Morgan fingerprint density at radius 1 is 1.62 bits per heavy atom. The van der Waals surface area contributed by atoms with Gasteiger partial charge in [-0.1, -0.05) is 18.7 Å². The molecule has 2 N–H and O–H groups in total. The normalized spacial score (nSPS) is 9.62. The number of aryl methyl sites for hydroxylation is 1. The molecule has 0 bridgehead atoms. The monoisotopic (exact) mass is 178 g/mol. The van der Waals surface area contributed by atoms with E-state index in [2.05, 4.69) is 6.58 Å². The van der Waals surface area contributed by atoms with Gasteiger partial charge in [-0.05, 0) is 6.92 Å². The van der Waals surface area contributed by atoms with E-state index in [9.17, 15) is 10.1 Å². The van der Waals surface area contributed by atoms with Crippen LogP contribution in [0.1, 0.15) is 11.1 Å². The van der Waals surface area contributed by atoms with E-state index in [1.807, 2.05) is 0 Å². The molecule has 0 fully saturated rings. The van der Waals surface area contributed by atoms with E-state index >= 15 is 0 Å². The van der Waals surface area contributed by atoms with Crippen LogP contribution in [0, 0.1) is 17.0 Å². The summed E-state index contributed by atoms with van der Waals surface area (Å²) in [6.07, 6.45) is 0. The summed E-state index contributed by atoms with van der Waals surface area (Å²) >= 11 is 0. The van der Waals surface area contributed by atoms with Gasteiger partial charge in [-0.15, -0.1) is 0 Å². The van der Waals surface area contributed by atoms with Gasteiger partial charge in [0.05, 0.1) is 4.92 Å². The highest BCUT2D eigenvalue weighted by Crippen LogP contribution is 2.21. The van der Waals surface area contributed by atoms with Crippen LogP contribution in [0.4, 0.5) is 5.69 Å². The Hall–Kier alpha value is -1.84. The molecule has 0 aromatic heterocycles. The van der Waals surface area contributed by atoms with Crippen molar-refractivity contribution in [2.75, 3.05) is 0 Å². The van der Waals surface area contributed by atoms with Gasteiger partial charge in [0.2, 0.25) is 0 Å². The van der Waals surface area contributed by atoms with Gasteiger partial charge in [0.15, 0.2) is 0 Å². The minimum absolute atomic E-state index is 0.0732. The number of benzene rings is 1. The molecule has 4 heteroatoms. The SMILES string of the molecule is C=C(N)c1ccc(C)c([N+](=O)[O-])c1. The number of nitro benzene ring substituents is 1. The molecule has 0 spiro atoms. The lowest BCUT2D eigenvalue weighted by atomic mass is 10.1. The number of hydrogen-bond donors (Lipinski definition) is 1. The van der Waals surface area contributed by atoms with Crippen LogP contribution in [0.15, 0.2) is 24.8 Å². The zero-order valence-corrected chi connectivity index (χ0v) is 7.28. The fourth-order valence-electron chi connectivity index (χ4n) is 1.01. The third-order valence-corrected chi connectivity index (χ3v) is 1.78. The van der Waals surface area contributed by atoms with Crippen molar-refractivity contribution in [1.29, 1.82) is 0 Å². The van der Waals surface area contributed by atoms with Crippen molar-refractivity contribution in [2.45, 2.75) is 6.92 Å². The Bertz CT molecular complexity index is 372. The maximum Gasteiger partial charge on any atom is 0.272 e. The van der Waals surface area contributed by atoms with E-state index in [4.69, 9.17) is 5.73 Å². The smallest absolute Gasteiger partial charge is 0.272 e. The number of nitro groups is 1. The van der Waals surface area contributed by atoms with Gasteiger partial charge in [0.1, 0.15) is 0 Å². The Morgan fingerprint density at radius 2 is 2.23 bits per heavy atom. The second-order valence-corrected chi connectivity index (χ2v) is 2.78. The lowest BCUT2D eigenvalue weighted by Crippen LogP contribution is -1.97. The molecule has 0 atom stereocenters. The summed E-state index contributed by atoms with van der Waals surface area (Å²) in [6.45, 7) is 5.19. The van der Waals surface area contributed by atoms with Crippen LogP contribution in [-0.4, -0.2) is 4.92 Å². The molecule has 0 radical (unpaired) electrons. The first kappa shape index (κ1) is 9.25. The quantitative estimate of drug-likeness (QED) is 0.554. The summed E-state index contributed by atoms with van der Waals surface area (Å²) in [6, 6.07) is 4.80. The highest BCUT2D eigenvalue weighted by Gasteiger charge is 2.10. The Kier molecular flexibility index (Phi) is 2.32. The van der Waals surface area contributed by atoms with Crippen molar-refractivity contribution in [2.24, 2.45) is 5.73 Å². The standard InChI is InChI=1S/C9H10N2O2/c1-6-3-4-8(7(2)10)5-9(6)11(12)13/h3-5H,2,10H2,1H3. The molecule has 0 aliphatic carbocycles. The largest absolute Gasteiger partial charge is 0.399 e. The number of nitrogens with two attached hydrogens (primary N) is 1. The minimum Gasteiger partial charge on any atom is -0.399 e. The van der Waals surface area contributed by atoms with Gasteiger partial charge in [-0.2, -0.15) is 0 Å². The number of rotatable bonds is 2. The maximum absolute atomic E-state index is 10.5. The molecule has 0 heterocycles. The van der Waals surface area contributed by atoms with Crippen molar-refractivity contribution >= 4 is 11.4 Å². The summed E-state index contributed by atoms with van der Waals surface area (Å²) in [7, 11) is 0. The summed E-state index contributed by atoms with van der Waals surface area (Å²) in [5.74, 6) is 0. The first-order chi connectivity index (χ1) is 6.02. The van der Waals surface area contributed by atoms with E-state index in [0.717, 1.165) is 0 Å². The third kappa shape index (κ3) is 1.84. The molecule has 0 amide bonds. The molecule has 1 aromatic rings. The van der Waals surface area contributed by atoms with Gasteiger partial charge in [0.25, 0.3) is 5.69 Å². The van der Waals surface area contributed by atoms with Crippen molar-refractivity contribution < 1.29 is 4.92 Å². The average molecular weight is 178 g/mol. The van der Waals surface area contributed by atoms with Crippen molar-refractivity contribution in [3.8, 4) is 0 Å². The Balaban J connectivity index is 3.27. The van der Waals surface area contributed by atoms with Crippen LogP contribution >= 0.6 is 0 Å². The second kappa shape index (κ2) is 3.26. The van der Waals surface area contributed by atoms with Gasteiger partial charge in [-0.25, -0.2) is 0 Å². The van der Waals surface area contributed by atoms with Gasteiger partial charge < -0.3 is 5.73 Å². The van der Waals surface area contributed by atoms with Gasteiger partial charge >= 0.3 is 0 Å².